The summed E-state index contributed by atoms with van der Waals surface area (Å²) in [6, 6.07) is 4.78. The maximum absolute atomic E-state index is 11.2. The van der Waals surface area contributed by atoms with Gasteiger partial charge in [-0.1, -0.05) is 31.4 Å². The van der Waals surface area contributed by atoms with Crippen molar-refractivity contribution < 1.29 is 4.92 Å². The Kier molecular flexibility index (Phi) is 5.88. The first-order valence-corrected chi connectivity index (χ1v) is 8.39. The van der Waals surface area contributed by atoms with Crippen LogP contribution < -0.4 is 0 Å². The summed E-state index contributed by atoms with van der Waals surface area (Å²) >= 11 is 12.5. The predicted octanol–water partition coefficient (Wildman–Crippen LogP) is 5.61. The SMILES string of the molecule is CCCC1CCC(Cl)C(Cc2cc(Cl)ccc2[N+](=O)[O-])C1. The van der Waals surface area contributed by atoms with Crippen LogP contribution in [0.25, 0.3) is 0 Å². The van der Waals surface area contributed by atoms with E-state index in [1.165, 1.54) is 25.3 Å². The van der Waals surface area contributed by atoms with Crippen LogP contribution >= 0.6 is 23.2 Å². The number of benzene rings is 1. The molecule has 0 amide bonds. The Morgan fingerprint density at radius 1 is 1.38 bits per heavy atom. The Bertz CT molecular complexity index is 507. The largest absolute Gasteiger partial charge is 0.272 e. The minimum Gasteiger partial charge on any atom is -0.258 e. The number of rotatable bonds is 5. The summed E-state index contributed by atoms with van der Waals surface area (Å²) in [5.41, 5.74) is 0.862. The number of hydrogen-bond donors (Lipinski definition) is 0. The van der Waals surface area contributed by atoms with E-state index in [0.29, 0.717) is 28.8 Å². The van der Waals surface area contributed by atoms with Gasteiger partial charge in [0.1, 0.15) is 0 Å². The molecule has 0 heterocycles. The van der Waals surface area contributed by atoms with E-state index in [0.717, 1.165) is 12.8 Å². The smallest absolute Gasteiger partial charge is 0.258 e. The quantitative estimate of drug-likeness (QED) is 0.400. The molecule has 5 heteroatoms. The van der Waals surface area contributed by atoms with Crippen molar-refractivity contribution in [2.24, 2.45) is 11.8 Å². The second-order valence-electron chi connectivity index (χ2n) is 5.98. The molecule has 0 N–H and O–H groups in total. The maximum Gasteiger partial charge on any atom is 0.272 e. The maximum atomic E-state index is 11.2. The van der Waals surface area contributed by atoms with E-state index < -0.39 is 0 Å². The lowest BCUT2D eigenvalue weighted by atomic mass is 9.76. The Hall–Kier alpha value is -0.800. The van der Waals surface area contributed by atoms with Gasteiger partial charge in [-0.05, 0) is 49.7 Å². The average Bonchev–Trinajstić information content (AvgIpc) is 2.42. The number of hydrogen-bond acceptors (Lipinski definition) is 2. The van der Waals surface area contributed by atoms with E-state index in [9.17, 15) is 10.1 Å². The monoisotopic (exact) mass is 329 g/mol. The normalized spacial score (nSPS) is 25.8. The third-order valence-corrected chi connectivity index (χ3v) is 5.23. The van der Waals surface area contributed by atoms with Crippen molar-refractivity contribution in [2.45, 2.75) is 50.8 Å². The molecule has 0 saturated heterocycles. The van der Waals surface area contributed by atoms with Crippen LogP contribution in [0.3, 0.4) is 0 Å². The van der Waals surface area contributed by atoms with E-state index in [2.05, 4.69) is 6.92 Å². The number of alkyl halides is 1. The van der Waals surface area contributed by atoms with Gasteiger partial charge in [-0.3, -0.25) is 10.1 Å². The van der Waals surface area contributed by atoms with Gasteiger partial charge in [-0.15, -0.1) is 11.6 Å². The van der Waals surface area contributed by atoms with Gasteiger partial charge in [-0.2, -0.15) is 0 Å². The van der Waals surface area contributed by atoms with Crippen LogP contribution in [0.2, 0.25) is 5.02 Å². The number of nitrogens with zero attached hydrogens (tertiary/aromatic N) is 1. The Labute approximate surface area is 135 Å². The summed E-state index contributed by atoms with van der Waals surface area (Å²) in [4.78, 5) is 10.8. The molecule has 0 bridgehead atoms. The van der Waals surface area contributed by atoms with Gasteiger partial charge < -0.3 is 0 Å². The molecular formula is C16H21Cl2NO2. The highest BCUT2D eigenvalue weighted by atomic mass is 35.5. The summed E-state index contributed by atoms with van der Waals surface area (Å²) in [6.45, 7) is 2.20. The first-order valence-electron chi connectivity index (χ1n) is 7.58. The van der Waals surface area contributed by atoms with Crippen LogP contribution in [-0.4, -0.2) is 10.3 Å². The molecule has 0 aromatic heterocycles. The number of halogens is 2. The van der Waals surface area contributed by atoms with Crippen LogP contribution in [0.5, 0.6) is 0 Å². The highest BCUT2D eigenvalue weighted by molar-refractivity contribution is 6.30. The minimum absolute atomic E-state index is 0.108. The predicted molar refractivity (Wildman–Crippen MR) is 87.2 cm³/mol. The fourth-order valence-corrected chi connectivity index (χ4v) is 3.90. The van der Waals surface area contributed by atoms with Crippen molar-refractivity contribution in [1.82, 2.24) is 0 Å². The molecule has 1 saturated carbocycles. The van der Waals surface area contributed by atoms with Crippen LogP contribution in [0.4, 0.5) is 5.69 Å². The zero-order chi connectivity index (χ0) is 15.4. The molecule has 3 atom stereocenters. The van der Waals surface area contributed by atoms with Crippen molar-refractivity contribution >= 4 is 28.9 Å². The molecule has 0 spiro atoms. The van der Waals surface area contributed by atoms with Crippen molar-refractivity contribution in [3.63, 3.8) is 0 Å². The molecule has 0 radical (unpaired) electrons. The van der Waals surface area contributed by atoms with Gasteiger partial charge in [0, 0.05) is 22.0 Å². The molecule has 1 aromatic carbocycles. The molecule has 2 rings (SSSR count). The Morgan fingerprint density at radius 2 is 2.14 bits per heavy atom. The standard InChI is InChI=1S/C16H21Cl2NO2/c1-2-3-11-4-6-15(18)12(8-11)9-13-10-14(17)5-7-16(13)19(20)21/h5,7,10-12,15H,2-4,6,8-9H2,1H3. The summed E-state index contributed by atoms with van der Waals surface area (Å²) in [5, 5.41) is 11.8. The fourth-order valence-electron chi connectivity index (χ4n) is 3.38. The molecule has 3 unspecified atom stereocenters. The van der Waals surface area contributed by atoms with Crippen LogP contribution in [0.1, 0.15) is 44.6 Å². The second kappa shape index (κ2) is 7.46. The average molecular weight is 330 g/mol. The lowest BCUT2D eigenvalue weighted by Crippen LogP contribution is -2.27. The number of nitro benzene ring substituents is 1. The first-order chi connectivity index (χ1) is 10.0. The minimum atomic E-state index is -0.332. The Balaban J connectivity index is 2.15. The first kappa shape index (κ1) is 16.6. The molecule has 116 valence electrons. The second-order valence-corrected chi connectivity index (χ2v) is 6.98. The molecule has 1 fully saturated rings. The van der Waals surface area contributed by atoms with Gasteiger partial charge >= 0.3 is 0 Å². The molecule has 3 nitrogen and oxygen atoms in total. The highest BCUT2D eigenvalue weighted by Gasteiger charge is 2.30. The summed E-state index contributed by atoms with van der Waals surface area (Å²) in [7, 11) is 0. The van der Waals surface area contributed by atoms with Crippen LogP contribution in [-0.2, 0) is 6.42 Å². The third kappa shape index (κ3) is 4.33. The van der Waals surface area contributed by atoms with Crippen molar-refractivity contribution in [2.75, 3.05) is 0 Å². The molecular weight excluding hydrogens is 309 g/mol. The summed E-state index contributed by atoms with van der Waals surface area (Å²) < 4.78 is 0. The van der Waals surface area contributed by atoms with E-state index in [-0.39, 0.29) is 16.0 Å². The Morgan fingerprint density at radius 3 is 2.81 bits per heavy atom. The molecule has 0 aliphatic heterocycles. The third-order valence-electron chi connectivity index (χ3n) is 4.42. The summed E-state index contributed by atoms with van der Waals surface area (Å²) in [6.07, 6.45) is 6.29. The van der Waals surface area contributed by atoms with Gasteiger partial charge in [0.2, 0.25) is 0 Å². The van der Waals surface area contributed by atoms with E-state index in [4.69, 9.17) is 23.2 Å². The number of nitro groups is 1. The molecule has 1 aliphatic rings. The van der Waals surface area contributed by atoms with Crippen LogP contribution in [0, 0.1) is 22.0 Å². The van der Waals surface area contributed by atoms with Crippen molar-refractivity contribution in [3.05, 3.63) is 38.9 Å². The topological polar surface area (TPSA) is 43.1 Å². The zero-order valence-corrected chi connectivity index (χ0v) is 13.7. The lowest BCUT2D eigenvalue weighted by Gasteiger charge is -2.33. The summed E-state index contributed by atoms with van der Waals surface area (Å²) in [5.74, 6) is 1.00. The van der Waals surface area contributed by atoms with Gasteiger partial charge in [0.25, 0.3) is 5.69 Å². The van der Waals surface area contributed by atoms with E-state index in [1.54, 1.807) is 12.1 Å². The van der Waals surface area contributed by atoms with E-state index in [1.807, 2.05) is 0 Å². The highest BCUT2D eigenvalue weighted by Crippen LogP contribution is 2.38. The van der Waals surface area contributed by atoms with Gasteiger partial charge in [0.15, 0.2) is 0 Å². The van der Waals surface area contributed by atoms with Gasteiger partial charge in [-0.25, -0.2) is 0 Å². The zero-order valence-electron chi connectivity index (χ0n) is 12.2. The van der Waals surface area contributed by atoms with Crippen LogP contribution in [0.15, 0.2) is 18.2 Å². The molecule has 1 aliphatic carbocycles. The van der Waals surface area contributed by atoms with E-state index >= 15 is 0 Å². The lowest BCUT2D eigenvalue weighted by molar-refractivity contribution is -0.385. The van der Waals surface area contributed by atoms with Crippen molar-refractivity contribution in [1.29, 1.82) is 0 Å². The fraction of sp³-hybridized carbons (Fsp3) is 0.625. The molecule has 21 heavy (non-hydrogen) atoms. The van der Waals surface area contributed by atoms with Crippen molar-refractivity contribution in [3.8, 4) is 0 Å². The molecule has 1 aromatic rings. The van der Waals surface area contributed by atoms with Gasteiger partial charge in [0.05, 0.1) is 4.92 Å².